The summed E-state index contributed by atoms with van der Waals surface area (Å²) in [6.07, 6.45) is -0.100. The first-order valence-corrected chi connectivity index (χ1v) is 8.12. The van der Waals surface area contributed by atoms with Crippen LogP contribution in [0.15, 0.2) is 42.5 Å². The summed E-state index contributed by atoms with van der Waals surface area (Å²) in [5.74, 6) is -0.246. The van der Waals surface area contributed by atoms with E-state index in [-0.39, 0.29) is 12.0 Å². The van der Waals surface area contributed by atoms with Gasteiger partial charge in [-0.05, 0) is 60.6 Å². The molecule has 1 N–H and O–H groups in total. The third kappa shape index (κ3) is 4.10. The van der Waals surface area contributed by atoms with Crippen molar-refractivity contribution < 1.29 is 18.0 Å². The maximum Gasteiger partial charge on any atom is 0.409 e. The molecule has 0 aliphatic heterocycles. The van der Waals surface area contributed by atoms with Crippen LogP contribution in [0.3, 0.4) is 0 Å². The monoisotopic (exact) mass is 345 g/mol. The number of amides is 1. The second-order valence-corrected chi connectivity index (χ2v) is 6.20. The molecule has 0 atom stereocenters. The lowest BCUT2D eigenvalue weighted by Gasteiger charge is -2.12. The summed E-state index contributed by atoms with van der Waals surface area (Å²) in [6.45, 7) is 1.72. The number of carbonyl (C=O) groups excluding carboxylic acids is 1. The van der Waals surface area contributed by atoms with E-state index in [9.17, 15) is 18.0 Å². The van der Waals surface area contributed by atoms with Gasteiger partial charge in [0.2, 0.25) is 0 Å². The van der Waals surface area contributed by atoms with Crippen LogP contribution in [0.5, 0.6) is 0 Å². The van der Waals surface area contributed by atoms with Gasteiger partial charge in [-0.15, -0.1) is 0 Å². The number of allylic oxidation sites excluding steroid dienone is 1. The van der Waals surface area contributed by atoms with Crippen LogP contribution in [-0.2, 0) is 12.8 Å². The Balaban J connectivity index is 1.79. The first-order chi connectivity index (χ1) is 11.8. The summed E-state index contributed by atoms with van der Waals surface area (Å²) < 4.78 is 36.7. The Morgan fingerprint density at radius 2 is 1.96 bits per heavy atom. The molecule has 0 bridgehead atoms. The van der Waals surface area contributed by atoms with Crippen LogP contribution in [0.2, 0.25) is 0 Å². The lowest BCUT2D eigenvalue weighted by Crippen LogP contribution is -2.14. The van der Waals surface area contributed by atoms with Crippen LogP contribution < -0.4 is 5.32 Å². The van der Waals surface area contributed by atoms with Crippen molar-refractivity contribution in [3.8, 4) is 0 Å². The van der Waals surface area contributed by atoms with Crippen LogP contribution >= 0.6 is 0 Å². The van der Waals surface area contributed by atoms with Gasteiger partial charge in [0.25, 0.3) is 5.91 Å². The van der Waals surface area contributed by atoms with Gasteiger partial charge in [-0.3, -0.25) is 4.79 Å². The molecule has 2 nitrogen and oxygen atoms in total. The predicted molar refractivity (Wildman–Crippen MR) is 92.7 cm³/mol. The van der Waals surface area contributed by atoms with Gasteiger partial charge in [-0.25, -0.2) is 0 Å². The molecule has 3 rings (SSSR count). The maximum absolute atomic E-state index is 12.6. The first-order valence-electron chi connectivity index (χ1n) is 8.12. The highest BCUT2D eigenvalue weighted by atomic mass is 19.4. The third-order valence-corrected chi connectivity index (χ3v) is 4.35. The summed E-state index contributed by atoms with van der Waals surface area (Å²) in [4.78, 5) is 12.6. The van der Waals surface area contributed by atoms with Crippen molar-refractivity contribution in [1.82, 2.24) is 0 Å². The SMILES string of the molecule is Cc1cc(/C=C/C(F)(F)F)ccc1C(=O)Nc1cccc2c1CCC2. The van der Waals surface area contributed by atoms with E-state index in [0.29, 0.717) is 16.7 Å². The van der Waals surface area contributed by atoms with Crippen molar-refractivity contribution in [1.29, 1.82) is 0 Å². The molecule has 0 aromatic heterocycles. The highest BCUT2D eigenvalue weighted by Crippen LogP contribution is 2.29. The topological polar surface area (TPSA) is 29.1 Å². The smallest absolute Gasteiger partial charge is 0.322 e. The zero-order valence-corrected chi connectivity index (χ0v) is 13.8. The standard InChI is InChI=1S/C20H18F3NO/c1-13-12-14(10-11-20(21,22)23)8-9-16(13)19(25)24-18-7-3-5-15-4-2-6-17(15)18/h3,5,7-12H,2,4,6H2,1H3,(H,24,25)/b11-10+. The second-order valence-electron chi connectivity index (χ2n) is 6.20. The highest BCUT2D eigenvalue weighted by molar-refractivity contribution is 6.05. The molecule has 130 valence electrons. The highest BCUT2D eigenvalue weighted by Gasteiger charge is 2.22. The zero-order valence-electron chi connectivity index (χ0n) is 13.8. The van der Waals surface area contributed by atoms with Crippen molar-refractivity contribution in [3.63, 3.8) is 0 Å². The Hall–Kier alpha value is -2.56. The summed E-state index contributed by atoms with van der Waals surface area (Å²) in [6, 6.07) is 10.5. The summed E-state index contributed by atoms with van der Waals surface area (Å²) in [5.41, 5.74) is 4.77. The molecule has 5 heteroatoms. The van der Waals surface area contributed by atoms with E-state index in [1.165, 1.54) is 17.2 Å². The van der Waals surface area contributed by atoms with Gasteiger partial charge in [-0.1, -0.05) is 30.3 Å². The van der Waals surface area contributed by atoms with Crippen LogP contribution in [0.25, 0.3) is 6.08 Å². The van der Waals surface area contributed by atoms with Crippen molar-refractivity contribution in [2.45, 2.75) is 32.4 Å². The Morgan fingerprint density at radius 1 is 1.16 bits per heavy atom. The molecule has 0 fully saturated rings. The quantitative estimate of drug-likeness (QED) is 0.802. The molecule has 1 amide bonds. The Bertz CT molecular complexity index is 837. The predicted octanol–water partition coefficient (Wildman–Crippen LogP) is 5.31. The average molecular weight is 345 g/mol. The molecule has 2 aromatic rings. The van der Waals surface area contributed by atoms with E-state index in [1.54, 1.807) is 19.1 Å². The molecule has 0 radical (unpaired) electrons. The fraction of sp³-hybridized carbons (Fsp3) is 0.250. The van der Waals surface area contributed by atoms with Gasteiger partial charge >= 0.3 is 6.18 Å². The van der Waals surface area contributed by atoms with E-state index in [4.69, 9.17) is 0 Å². The number of benzene rings is 2. The van der Waals surface area contributed by atoms with Gasteiger partial charge in [0.15, 0.2) is 0 Å². The number of alkyl halides is 3. The van der Waals surface area contributed by atoms with Crippen molar-refractivity contribution >= 4 is 17.7 Å². The number of carbonyl (C=O) groups is 1. The number of nitrogens with one attached hydrogen (secondary N) is 1. The van der Waals surface area contributed by atoms with Crippen molar-refractivity contribution in [2.75, 3.05) is 5.32 Å². The van der Waals surface area contributed by atoms with Crippen molar-refractivity contribution in [3.05, 3.63) is 70.3 Å². The van der Waals surface area contributed by atoms with E-state index in [2.05, 4.69) is 11.4 Å². The fourth-order valence-corrected chi connectivity index (χ4v) is 3.16. The molecule has 0 spiro atoms. The molecule has 1 aliphatic rings. The second kappa shape index (κ2) is 6.75. The summed E-state index contributed by atoms with van der Waals surface area (Å²) >= 11 is 0. The molecule has 0 saturated carbocycles. The summed E-state index contributed by atoms with van der Waals surface area (Å²) in [5, 5.41) is 2.94. The number of rotatable bonds is 3. The average Bonchev–Trinajstić information content (AvgIpc) is 3.02. The zero-order chi connectivity index (χ0) is 18.0. The van der Waals surface area contributed by atoms with Gasteiger partial charge in [0.05, 0.1) is 0 Å². The number of halogens is 3. The summed E-state index contributed by atoms with van der Waals surface area (Å²) in [7, 11) is 0. The third-order valence-electron chi connectivity index (χ3n) is 4.35. The number of aryl methyl sites for hydroxylation is 2. The number of fused-ring (bicyclic) bond motifs is 1. The Morgan fingerprint density at radius 3 is 2.68 bits per heavy atom. The minimum Gasteiger partial charge on any atom is -0.322 e. The molecular weight excluding hydrogens is 327 g/mol. The van der Waals surface area contributed by atoms with Crippen LogP contribution in [0, 0.1) is 6.92 Å². The van der Waals surface area contributed by atoms with Crippen LogP contribution in [-0.4, -0.2) is 12.1 Å². The van der Waals surface area contributed by atoms with Gasteiger partial charge in [0, 0.05) is 17.3 Å². The van der Waals surface area contributed by atoms with E-state index < -0.39 is 6.18 Å². The minimum atomic E-state index is -4.35. The lowest BCUT2D eigenvalue weighted by molar-refractivity contribution is -0.0790. The van der Waals surface area contributed by atoms with Gasteiger partial charge in [-0.2, -0.15) is 13.2 Å². The van der Waals surface area contributed by atoms with Gasteiger partial charge < -0.3 is 5.32 Å². The largest absolute Gasteiger partial charge is 0.409 e. The molecular formula is C20H18F3NO. The Kier molecular flexibility index (Phi) is 4.66. The molecule has 1 aliphatic carbocycles. The first kappa shape index (κ1) is 17.3. The Labute approximate surface area is 144 Å². The number of hydrogen-bond acceptors (Lipinski definition) is 1. The van der Waals surface area contributed by atoms with E-state index in [0.717, 1.165) is 31.0 Å². The molecule has 2 aromatic carbocycles. The lowest BCUT2D eigenvalue weighted by atomic mass is 10.0. The molecule has 25 heavy (non-hydrogen) atoms. The fourth-order valence-electron chi connectivity index (χ4n) is 3.16. The number of hydrogen-bond donors (Lipinski definition) is 1. The maximum atomic E-state index is 12.6. The van der Waals surface area contributed by atoms with E-state index in [1.807, 2.05) is 12.1 Å². The van der Waals surface area contributed by atoms with E-state index >= 15 is 0 Å². The van der Waals surface area contributed by atoms with Crippen molar-refractivity contribution in [2.24, 2.45) is 0 Å². The van der Waals surface area contributed by atoms with Crippen LogP contribution in [0.4, 0.5) is 18.9 Å². The normalized spacial score (nSPS) is 13.9. The van der Waals surface area contributed by atoms with Gasteiger partial charge in [0.1, 0.15) is 0 Å². The molecule has 0 heterocycles. The molecule has 0 unspecified atom stereocenters. The van der Waals surface area contributed by atoms with Crippen LogP contribution in [0.1, 0.15) is 39.0 Å². The number of anilines is 1. The molecule has 0 saturated heterocycles. The minimum absolute atomic E-state index is 0.189.